The molecule has 5 N–H and O–H groups in total. The van der Waals surface area contributed by atoms with Crippen molar-refractivity contribution >= 4 is 11.8 Å². The van der Waals surface area contributed by atoms with E-state index in [0.29, 0.717) is 5.56 Å². The van der Waals surface area contributed by atoms with E-state index < -0.39 is 6.04 Å². The summed E-state index contributed by atoms with van der Waals surface area (Å²) in [4.78, 5) is 25.0. The summed E-state index contributed by atoms with van der Waals surface area (Å²) in [7, 11) is 1.78. The number of carbonyl (C=O) groups is 2. The predicted molar refractivity (Wildman–Crippen MR) is 76.9 cm³/mol. The summed E-state index contributed by atoms with van der Waals surface area (Å²) in [5.74, 6) is -0.521. The number of likely N-dealkylation sites (tertiary alicyclic amines) is 1. The third-order valence-electron chi connectivity index (χ3n) is 3.68. The quantitative estimate of drug-likeness (QED) is 0.609. The molecule has 8 heteroatoms. The molecule has 0 aromatic carbocycles. The SMILES string of the molecule is Cn1cc(C(N)C(=O)NC2CCN(CC(N)=O)CC2)cn1. The first-order valence-electron chi connectivity index (χ1n) is 7.01. The van der Waals surface area contributed by atoms with Crippen LogP contribution in [-0.2, 0) is 16.6 Å². The van der Waals surface area contributed by atoms with Gasteiger partial charge in [-0.25, -0.2) is 0 Å². The normalized spacial score (nSPS) is 18.4. The minimum absolute atomic E-state index is 0.0874. The molecule has 21 heavy (non-hydrogen) atoms. The molecular weight excluding hydrogens is 272 g/mol. The maximum absolute atomic E-state index is 12.1. The molecule has 116 valence electrons. The van der Waals surface area contributed by atoms with E-state index in [9.17, 15) is 9.59 Å². The minimum atomic E-state index is -0.706. The van der Waals surface area contributed by atoms with Crippen LogP contribution >= 0.6 is 0 Å². The van der Waals surface area contributed by atoms with Crippen LogP contribution in [0.4, 0.5) is 0 Å². The second kappa shape index (κ2) is 6.68. The highest BCUT2D eigenvalue weighted by atomic mass is 16.2. The van der Waals surface area contributed by atoms with Crippen LogP contribution in [0.25, 0.3) is 0 Å². The summed E-state index contributed by atoms with van der Waals surface area (Å²) in [6.45, 7) is 1.77. The Morgan fingerprint density at radius 2 is 2.14 bits per heavy atom. The monoisotopic (exact) mass is 294 g/mol. The minimum Gasteiger partial charge on any atom is -0.369 e. The van der Waals surface area contributed by atoms with E-state index in [2.05, 4.69) is 10.4 Å². The number of nitrogens with one attached hydrogen (secondary N) is 1. The molecule has 1 atom stereocenters. The zero-order valence-corrected chi connectivity index (χ0v) is 12.2. The average Bonchev–Trinajstić information content (AvgIpc) is 2.86. The van der Waals surface area contributed by atoms with Crippen LogP contribution in [0.2, 0.25) is 0 Å². The van der Waals surface area contributed by atoms with Crippen molar-refractivity contribution < 1.29 is 9.59 Å². The molecule has 1 aliphatic rings. The number of amides is 2. The highest BCUT2D eigenvalue weighted by molar-refractivity contribution is 5.83. The van der Waals surface area contributed by atoms with Crippen LogP contribution in [-0.4, -0.2) is 52.2 Å². The lowest BCUT2D eigenvalue weighted by Crippen LogP contribution is -2.48. The standard InChI is InChI=1S/C13H22N6O2/c1-18-7-9(6-16-18)12(15)13(21)17-10-2-4-19(5-3-10)8-11(14)20/h6-7,10,12H,2-5,8,15H2,1H3,(H2,14,20)(H,17,21). The molecule has 2 rings (SSSR count). The van der Waals surface area contributed by atoms with Gasteiger partial charge in [-0.3, -0.25) is 19.2 Å². The number of piperidine rings is 1. The van der Waals surface area contributed by atoms with Crippen LogP contribution in [0.3, 0.4) is 0 Å². The molecule has 1 saturated heterocycles. The lowest BCUT2D eigenvalue weighted by molar-refractivity contribution is -0.124. The highest BCUT2D eigenvalue weighted by Gasteiger charge is 2.24. The van der Waals surface area contributed by atoms with Gasteiger partial charge in [-0.1, -0.05) is 0 Å². The zero-order valence-electron chi connectivity index (χ0n) is 12.2. The Balaban J connectivity index is 1.80. The van der Waals surface area contributed by atoms with Gasteiger partial charge < -0.3 is 16.8 Å². The topological polar surface area (TPSA) is 119 Å². The van der Waals surface area contributed by atoms with Crippen molar-refractivity contribution in [3.8, 4) is 0 Å². The van der Waals surface area contributed by atoms with Gasteiger partial charge in [0, 0.05) is 37.9 Å². The van der Waals surface area contributed by atoms with E-state index in [4.69, 9.17) is 11.5 Å². The molecule has 0 saturated carbocycles. The van der Waals surface area contributed by atoms with Crippen LogP contribution in [0.15, 0.2) is 12.4 Å². The number of hydrogen-bond donors (Lipinski definition) is 3. The van der Waals surface area contributed by atoms with Gasteiger partial charge in [-0.05, 0) is 12.8 Å². The van der Waals surface area contributed by atoms with Gasteiger partial charge >= 0.3 is 0 Å². The van der Waals surface area contributed by atoms with Crippen LogP contribution in [0.5, 0.6) is 0 Å². The van der Waals surface area contributed by atoms with Crippen molar-refractivity contribution in [3.05, 3.63) is 18.0 Å². The second-order valence-corrected chi connectivity index (χ2v) is 5.45. The van der Waals surface area contributed by atoms with Crippen molar-refractivity contribution in [3.63, 3.8) is 0 Å². The lowest BCUT2D eigenvalue weighted by Gasteiger charge is -2.31. The Morgan fingerprint density at radius 1 is 1.48 bits per heavy atom. The van der Waals surface area contributed by atoms with E-state index in [-0.39, 0.29) is 24.4 Å². The molecule has 0 bridgehead atoms. The average molecular weight is 294 g/mol. The molecular formula is C13H22N6O2. The molecule has 1 aromatic rings. The second-order valence-electron chi connectivity index (χ2n) is 5.45. The largest absolute Gasteiger partial charge is 0.369 e. The van der Waals surface area contributed by atoms with Crippen molar-refractivity contribution in [1.29, 1.82) is 0 Å². The summed E-state index contributed by atoms with van der Waals surface area (Å²) in [5.41, 5.74) is 11.8. The molecule has 8 nitrogen and oxygen atoms in total. The van der Waals surface area contributed by atoms with Gasteiger partial charge in [0.05, 0.1) is 12.7 Å². The smallest absolute Gasteiger partial charge is 0.241 e. The fourth-order valence-electron chi connectivity index (χ4n) is 2.50. The van der Waals surface area contributed by atoms with E-state index in [0.717, 1.165) is 25.9 Å². The van der Waals surface area contributed by atoms with Gasteiger partial charge in [0.15, 0.2) is 0 Å². The molecule has 1 unspecified atom stereocenters. The van der Waals surface area contributed by atoms with Gasteiger partial charge in [0.1, 0.15) is 6.04 Å². The lowest BCUT2D eigenvalue weighted by atomic mass is 10.0. The van der Waals surface area contributed by atoms with Gasteiger partial charge in [0.2, 0.25) is 11.8 Å². The number of rotatable bonds is 5. The van der Waals surface area contributed by atoms with Gasteiger partial charge in [-0.15, -0.1) is 0 Å². The first-order valence-corrected chi connectivity index (χ1v) is 7.01. The van der Waals surface area contributed by atoms with Gasteiger partial charge in [-0.2, -0.15) is 5.10 Å². The highest BCUT2D eigenvalue weighted by Crippen LogP contribution is 2.13. The molecule has 0 aliphatic carbocycles. The molecule has 1 aliphatic heterocycles. The number of primary amides is 1. The Kier molecular flexibility index (Phi) is 4.92. The maximum atomic E-state index is 12.1. The Morgan fingerprint density at radius 3 is 2.67 bits per heavy atom. The molecule has 0 spiro atoms. The first kappa shape index (κ1) is 15.5. The summed E-state index contributed by atoms with van der Waals surface area (Å²) in [6, 6.07) is -0.619. The molecule has 2 amide bonds. The van der Waals surface area contributed by atoms with Crippen molar-refractivity contribution in [2.45, 2.75) is 24.9 Å². The predicted octanol–water partition coefficient (Wildman–Crippen LogP) is -1.51. The van der Waals surface area contributed by atoms with E-state index in [1.807, 2.05) is 4.90 Å². The number of carbonyl (C=O) groups excluding carboxylic acids is 2. The molecule has 2 heterocycles. The van der Waals surface area contributed by atoms with Crippen LogP contribution in [0.1, 0.15) is 24.4 Å². The maximum Gasteiger partial charge on any atom is 0.241 e. The van der Waals surface area contributed by atoms with Gasteiger partial charge in [0.25, 0.3) is 0 Å². The fourth-order valence-corrected chi connectivity index (χ4v) is 2.50. The number of hydrogen-bond acceptors (Lipinski definition) is 5. The number of aromatic nitrogens is 2. The summed E-state index contributed by atoms with van der Waals surface area (Å²) >= 11 is 0. The summed E-state index contributed by atoms with van der Waals surface area (Å²) in [5, 5.41) is 6.97. The number of nitrogens with two attached hydrogens (primary N) is 2. The van der Waals surface area contributed by atoms with Crippen molar-refractivity contribution in [2.24, 2.45) is 18.5 Å². The van der Waals surface area contributed by atoms with E-state index in [1.54, 1.807) is 24.1 Å². The Hall–Kier alpha value is -1.93. The van der Waals surface area contributed by atoms with E-state index >= 15 is 0 Å². The number of nitrogens with zero attached hydrogens (tertiary/aromatic N) is 3. The number of aryl methyl sites for hydroxylation is 1. The zero-order chi connectivity index (χ0) is 15.4. The van der Waals surface area contributed by atoms with E-state index in [1.165, 1.54) is 0 Å². The Labute approximate surface area is 123 Å². The first-order chi connectivity index (χ1) is 9.95. The van der Waals surface area contributed by atoms with Crippen molar-refractivity contribution in [1.82, 2.24) is 20.0 Å². The summed E-state index contributed by atoms with van der Waals surface area (Å²) in [6.07, 6.45) is 4.91. The molecule has 1 fully saturated rings. The molecule has 0 radical (unpaired) electrons. The third kappa shape index (κ3) is 4.27. The Bertz CT molecular complexity index is 507. The molecule has 1 aromatic heterocycles. The van der Waals surface area contributed by atoms with Crippen LogP contribution in [0, 0.1) is 0 Å². The van der Waals surface area contributed by atoms with Crippen LogP contribution < -0.4 is 16.8 Å². The van der Waals surface area contributed by atoms with Crippen molar-refractivity contribution in [2.75, 3.05) is 19.6 Å². The fraction of sp³-hybridized carbons (Fsp3) is 0.615. The summed E-state index contributed by atoms with van der Waals surface area (Å²) < 4.78 is 1.62. The third-order valence-corrected chi connectivity index (χ3v) is 3.68.